The van der Waals surface area contributed by atoms with E-state index in [2.05, 4.69) is 9.97 Å². The van der Waals surface area contributed by atoms with Crippen LogP contribution >= 0.6 is 35.0 Å². The van der Waals surface area contributed by atoms with Crippen molar-refractivity contribution in [1.82, 2.24) is 9.97 Å². The predicted molar refractivity (Wildman–Crippen MR) is 89.7 cm³/mol. The van der Waals surface area contributed by atoms with E-state index in [0.29, 0.717) is 34.3 Å². The average molecular weight is 393 g/mol. The summed E-state index contributed by atoms with van der Waals surface area (Å²) < 4.78 is 39.9. The van der Waals surface area contributed by atoms with Crippen LogP contribution in [0.5, 0.6) is 0 Å². The second kappa shape index (κ2) is 7.10. The van der Waals surface area contributed by atoms with Gasteiger partial charge in [0.15, 0.2) is 10.9 Å². The SMILES string of the molecule is FC(F)(F)c1nc(SCc2ccc(Cl)cc2Cl)nc2c1CCCC2. The van der Waals surface area contributed by atoms with Crippen LogP contribution in [0, 0.1) is 0 Å². The minimum absolute atomic E-state index is 0.133. The first-order valence-corrected chi connectivity index (χ1v) is 9.12. The summed E-state index contributed by atoms with van der Waals surface area (Å²) in [5.41, 5.74) is 0.758. The van der Waals surface area contributed by atoms with E-state index in [9.17, 15) is 13.2 Å². The van der Waals surface area contributed by atoms with Crippen molar-refractivity contribution >= 4 is 35.0 Å². The van der Waals surface area contributed by atoms with Gasteiger partial charge in [0.05, 0.1) is 0 Å². The van der Waals surface area contributed by atoms with Crippen LogP contribution in [0.15, 0.2) is 23.4 Å². The van der Waals surface area contributed by atoms with E-state index >= 15 is 0 Å². The molecule has 3 rings (SSSR count). The second-order valence-electron chi connectivity index (χ2n) is 5.51. The van der Waals surface area contributed by atoms with Crippen molar-refractivity contribution in [2.75, 3.05) is 0 Å². The lowest BCUT2D eigenvalue weighted by Crippen LogP contribution is -2.19. The first-order chi connectivity index (χ1) is 11.3. The summed E-state index contributed by atoms with van der Waals surface area (Å²) >= 11 is 13.1. The van der Waals surface area contributed by atoms with E-state index in [4.69, 9.17) is 23.2 Å². The monoisotopic (exact) mass is 392 g/mol. The fraction of sp³-hybridized carbons (Fsp3) is 0.375. The molecule has 2 nitrogen and oxygen atoms in total. The Bertz CT molecular complexity index is 766. The predicted octanol–water partition coefficient (Wildman–Crippen LogP) is 5.97. The Balaban J connectivity index is 1.88. The number of aryl methyl sites for hydroxylation is 1. The molecule has 8 heteroatoms. The molecule has 0 aliphatic heterocycles. The number of halogens is 5. The topological polar surface area (TPSA) is 25.8 Å². The minimum Gasteiger partial charge on any atom is -0.227 e. The van der Waals surface area contributed by atoms with Crippen LogP contribution in [0.4, 0.5) is 13.2 Å². The van der Waals surface area contributed by atoms with Crippen molar-refractivity contribution in [2.45, 2.75) is 42.8 Å². The first-order valence-electron chi connectivity index (χ1n) is 7.38. The van der Waals surface area contributed by atoms with Gasteiger partial charge in [0.25, 0.3) is 0 Å². The molecule has 0 unspecified atom stereocenters. The highest BCUT2D eigenvalue weighted by atomic mass is 35.5. The number of alkyl halides is 3. The molecule has 0 saturated heterocycles. The molecule has 0 radical (unpaired) electrons. The van der Waals surface area contributed by atoms with E-state index in [1.807, 2.05) is 0 Å². The molecule has 0 amide bonds. The summed E-state index contributed by atoms with van der Waals surface area (Å²) in [5.74, 6) is 0.381. The molecule has 0 saturated carbocycles. The number of benzene rings is 1. The van der Waals surface area contributed by atoms with Crippen molar-refractivity contribution in [1.29, 1.82) is 0 Å². The normalized spacial score (nSPS) is 14.5. The maximum atomic E-state index is 13.3. The van der Waals surface area contributed by atoms with Gasteiger partial charge in [0.2, 0.25) is 0 Å². The number of nitrogens with zero attached hydrogens (tertiary/aromatic N) is 2. The van der Waals surface area contributed by atoms with Crippen LogP contribution in [0.3, 0.4) is 0 Å². The van der Waals surface area contributed by atoms with Gasteiger partial charge in [-0.1, -0.05) is 41.0 Å². The lowest BCUT2D eigenvalue weighted by molar-refractivity contribution is -0.142. The Morgan fingerprint density at radius 3 is 2.54 bits per heavy atom. The average Bonchev–Trinajstić information content (AvgIpc) is 2.52. The highest BCUT2D eigenvalue weighted by molar-refractivity contribution is 7.98. The highest BCUT2D eigenvalue weighted by Gasteiger charge is 2.37. The van der Waals surface area contributed by atoms with Crippen molar-refractivity contribution in [3.63, 3.8) is 0 Å². The summed E-state index contributed by atoms with van der Waals surface area (Å²) in [6.07, 6.45) is -1.91. The molecule has 2 aromatic rings. The van der Waals surface area contributed by atoms with Gasteiger partial charge in [-0.25, -0.2) is 9.97 Å². The molecule has 1 aliphatic rings. The number of aromatic nitrogens is 2. The molecular weight excluding hydrogens is 380 g/mol. The molecule has 0 atom stereocenters. The van der Waals surface area contributed by atoms with Crippen LogP contribution in [-0.2, 0) is 24.8 Å². The molecule has 24 heavy (non-hydrogen) atoms. The molecule has 0 spiro atoms. The van der Waals surface area contributed by atoms with Gasteiger partial charge in [0, 0.05) is 27.1 Å². The van der Waals surface area contributed by atoms with Gasteiger partial charge in [-0.15, -0.1) is 0 Å². The van der Waals surface area contributed by atoms with Gasteiger partial charge < -0.3 is 0 Å². The fourth-order valence-corrected chi connectivity index (χ4v) is 4.07. The van der Waals surface area contributed by atoms with Gasteiger partial charge in [0.1, 0.15) is 0 Å². The van der Waals surface area contributed by atoms with Crippen LogP contribution < -0.4 is 0 Å². The molecule has 1 aromatic heterocycles. The summed E-state index contributed by atoms with van der Waals surface area (Å²) in [6.45, 7) is 0. The van der Waals surface area contributed by atoms with Crippen LogP contribution in [0.1, 0.15) is 35.4 Å². The van der Waals surface area contributed by atoms with Gasteiger partial charge in [-0.3, -0.25) is 0 Å². The van der Waals surface area contributed by atoms with Gasteiger partial charge in [-0.2, -0.15) is 13.2 Å². The number of hydrogen-bond acceptors (Lipinski definition) is 3. The van der Waals surface area contributed by atoms with Gasteiger partial charge in [-0.05, 0) is 43.4 Å². The summed E-state index contributed by atoms with van der Waals surface area (Å²) in [4.78, 5) is 8.11. The Hall–Kier alpha value is -0.980. The second-order valence-corrected chi connectivity index (χ2v) is 7.30. The lowest BCUT2D eigenvalue weighted by atomic mass is 9.94. The minimum atomic E-state index is -4.46. The van der Waals surface area contributed by atoms with Crippen molar-refractivity contribution in [3.05, 3.63) is 50.8 Å². The lowest BCUT2D eigenvalue weighted by Gasteiger charge is -2.20. The van der Waals surface area contributed by atoms with E-state index < -0.39 is 11.9 Å². The standard InChI is InChI=1S/C16H13Cl2F3N2S/c17-10-6-5-9(12(18)7-10)8-24-15-22-13-4-2-1-3-11(13)14(23-15)16(19,20)21/h5-7H,1-4,8H2. The van der Waals surface area contributed by atoms with Crippen molar-refractivity contribution in [3.8, 4) is 0 Å². The number of thioether (sulfide) groups is 1. The maximum absolute atomic E-state index is 13.3. The Labute approximate surface area is 151 Å². The van der Waals surface area contributed by atoms with E-state index in [0.717, 1.165) is 30.2 Å². The van der Waals surface area contributed by atoms with E-state index in [1.165, 1.54) is 0 Å². The number of rotatable bonds is 3. The smallest absolute Gasteiger partial charge is 0.227 e. The zero-order chi connectivity index (χ0) is 17.3. The number of hydrogen-bond donors (Lipinski definition) is 0. The largest absolute Gasteiger partial charge is 0.433 e. The molecule has 1 heterocycles. The quantitative estimate of drug-likeness (QED) is 0.474. The molecule has 0 fully saturated rings. The third kappa shape index (κ3) is 3.98. The van der Waals surface area contributed by atoms with Crippen molar-refractivity contribution in [2.24, 2.45) is 0 Å². The van der Waals surface area contributed by atoms with Gasteiger partial charge >= 0.3 is 6.18 Å². The number of fused-ring (bicyclic) bond motifs is 1. The summed E-state index contributed by atoms with van der Waals surface area (Å²) in [5, 5.41) is 1.12. The zero-order valence-electron chi connectivity index (χ0n) is 12.5. The van der Waals surface area contributed by atoms with Crippen molar-refractivity contribution < 1.29 is 13.2 Å². The third-order valence-corrected chi connectivity index (χ3v) is 5.29. The first kappa shape index (κ1) is 17.8. The highest BCUT2D eigenvalue weighted by Crippen LogP contribution is 2.36. The Kier molecular flexibility index (Phi) is 5.27. The maximum Gasteiger partial charge on any atom is 0.433 e. The molecule has 128 valence electrons. The van der Waals surface area contributed by atoms with E-state index in [1.54, 1.807) is 18.2 Å². The Morgan fingerprint density at radius 1 is 1.08 bits per heavy atom. The molecule has 0 bridgehead atoms. The summed E-state index contributed by atoms with van der Waals surface area (Å²) in [7, 11) is 0. The molecule has 1 aromatic carbocycles. The third-order valence-electron chi connectivity index (χ3n) is 3.80. The van der Waals surface area contributed by atoms with Crippen LogP contribution in [0.25, 0.3) is 0 Å². The summed E-state index contributed by atoms with van der Waals surface area (Å²) in [6, 6.07) is 5.05. The molecular formula is C16H13Cl2F3N2S. The molecule has 0 N–H and O–H groups in total. The van der Waals surface area contributed by atoms with E-state index in [-0.39, 0.29) is 10.7 Å². The molecule has 1 aliphatic carbocycles. The Morgan fingerprint density at radius 2 is 1.83 bits per heavy atom. The zero-order valence-corrected chi connectivity index (χ0v) is 14.8. The fourth-order valence-electron chi connectivity index (χ4n) is 2.65. The van der Waals surface area contributed by atoms with Crippen LogP contribution in [0.2, 0.25) is 10.0 Å². The van der Waals surface area contributed by atoms with Crippen LogP contribution in [-0.4, -0.2) is 9.97 Å².